The van der Waals surface area contributed by atoms with Gasteiger partial charge in [-0.05, 0) is 37.7 Å². The molecule has 1 aliphatic rings. The molecule has 0 radical (unpaired) electrons. The number of rotatable bonds is 5. The smallest absolute Gasteiger partial charge is 0.236 e. The van der Waals surface area contributed by atoms with Crippen LogP contribution >= 0.6 is 34.4 Å². The first kappa shape index (κ1) is 19.7. The number of nitrogens with one attached hydrogen (secondary N) is 1. The van der Waals surface area contributed by atoms with Gasteiger partial charge in [0.05, 0.1) is 5.75 Å². The van der Waals surface area contributed by atoms with E-state index in [1.54, 1.807) is 0 Å². The van der Waals surface area contributed by atoms with Crippen molar-refractivity contribution in [3.8, 4) is 0 Å². The summed E-state index contributed by atoms with van der Waals surface area (Å²) >= 11 is 4.68. The molecule has 0 spiro atoms. The predicted octanol–water partition coefficient (Wildman–Crippen LogP) is 4.83. The quantitative estimate of drug-likeness (QED) is 0.458. The Morgan fingerprint density at radius 3 is 2.82 bits per heavy atom. The molecule has 0 aromatic carbocycles. The number of amides is 1. The lowest BCUT2D eigenvalue weighted by atomic mass is 9.89. The minimum Gasteiger partial charge on any atom is -0.300 e. The van der Waals surface area contributed by atoms with Gasteiger partial charge < -0.3 is 0 Å². The fraction of sp³-hybridized carbons (Fsp3) is 0.526. The number of thioether (sulfide) groups is 1. The summed E-state index contributed by atoms with van der Waals surface area (Å²) in [5.74, 6) is 2.03. The van der Waals surface area contributed by atoms with E-state index >= 15 is 0 Å². The highest BCUT2D eigenvalue weighted by Gasteiger charge is 2.25. The lowest BCUT2D eigenvalue weighted by molar-refractivity contribution is -0.113. The van der Waals surface area contributed by atoms with Gasteiger partial charge in [0.1, 0.15) is 20.7 Å². The third kappa shape index (κ3) is 4.06. The number of nitrogens with zero attached hydrogens (tertiary/aromatic N) is 4. The highest BCUT2D eigenvalue weighted by molar-refractivity contribution is 8.00. The van der Waals surface area contributed by atoms with E-state index in [1.165, 1.54) is 45.3 Å². The molecule has 148 valence electrons. The molecule has 0 bridgehead atoms. The molecular weight excluding hydrogens is 410 g/mol. The average molecular weight is 434 g/mol. The van der Waals surface area contributed by atoms with E-state index in [2.05, 4.69) is 36.3 Å². The van der Waals surface area contributed by atoms with Gasteiger partial charge in [-0.3, -0.25) is 10.1 Å². The number of carbonyl (C=O) groups is 1. The van der Waals surface area contributed by atoms with E-state index in [-0.39, 0.29) is 11.8 Å². The van der Waals surface area contributed by atoms with Crippen molar-refractivity contribution in [2.45, 2.75) is 57.9 Å². The highest BCUT2D eigenvalue weighted by Crippen LogP contribution is 2.41. The van der Waals surface area contributed by atoms with E-state index in [0.717, 1.165) is 39.4 Å². The third-order valence-corrected chi connectivity index (χ3v) is 7.65. The van der Waals surface area contributed by atoms with E-state index in [1.807, 2.05) is 18.3 Å². The number of thiophene rings is 1. The molecule has 28 heavy (non-hydrogen) atoms. The number of fused-ring (bicyclic) bond motifs is 3. The molecule has 4 rings (SSSR count). The Morgan fingerprint density at radius 2 is 2.11 bits per heavy atom. The molecule has 0 aliphatic heterocycles. The molecule has 1 unspecified atom stereocenters. The maximum atomic E-state index is 12.4. The summed E-state index contributed by atoms with van der Waals surface area (Å²) in [5, 5.41) is 14.2. The zero-order valence-corrected chi connectivity index (χ0v) is 18.9. The Hall–Kier alpha value is -1.58. The van der Waals surface area contributed by atoms with E-state index < -0.39 is 0 Å². The summed E-state index contributed by atoms with van der Waals surface area (Å²) < 4.78 is 0. The van der Waals surface area contributed by atoms with E-state index in [9.17, 15) is 4.79 Å². The minimum absolute atomic E-state index is 0.0864. The Bertz CT molecular complexity index is 1030. The summed E-state index contributed by atoms with van der Waals surface area (Å²) in [7, 11) is 0. The second kappa shape index (κ2) is 8.04. The summed E-state index contributed by atoms with van der Waals surface area (Å²) in [6, 6.07) is 0. The summed E-state index contributed by atoms with van der Waals surface area (Å²) in [4.78, 5) is 24.6. The van der Waals surface area contributed by atoms with Gasteiger partial charge in [0, 0.05) is 16.2 Å². The highest BCUT2D eigenvalue weighted by atomic mass is 32.2. The van der Waals surface area contributed by atoms with Crippen LogP contribution in [0.4, 0.5) is 5.13 Å². The van der Waals surface area contributed by atoms with Crippen LogP contribution in [0, 0.1) is 12.8 Å². The molecule has 6 nitrogen and oxygen atoms in total. The Balaban J connectivity index is 1.62. The first-order chi connectivity index (χ1) is 13.4. The summed E-state index contributed by atoms with van der Waals surface area (Å²) in [5.41, 5.74) is 1.40. The molecule has 0 saturated carbocycles. The molecule has 1 aliphatic carbocycles. The summed E-state index contributed by atoms with van der Waals surface area (Å²) in [6.07, 6.45) is 3.39. The van der Waals surface area contributed by atoms with Gasteiger partial charge >= 0.3 is 0 Å². The van der Waals surface area contributed by atoms with Crippen LogP contribution in [0.5, 0.6) is 0 Å². The molecule has 1 amide bonds. The largest absolute Gasteiger partial charge is 0.300 e. The number of hydrogen-bond acceptors (Lipinski definition) is 8. The van der Waals surface area contributed by atoms with Gasteiger partial charge in [0.25, 0.3) is 0 Å². The maximum absolute atomic E-state index is 12.4. The zero-order valence-electron chi connectivity index (χ0n) is 16.4. The first-order valence-electron chi connectivity index (χ1n) is 9.45. The molecule has 3 aromatic heterocycles. The van der Waals surface area contributed by atoms with Gasteiger partial charge in [0.15, 0.2) is 0 Å². The number of carbonyl (C=O) groups excluding carboxylic acids is 1. The standard InChI is InChI=1S/C19H23N5OS3/c1-9(2)16-21-17(26-8-14(25)20-19-24-23-11(4)27-19)15-12-6-5-10(3)7-13(12)28-18(15)22-16/h9-10H,5-8H2,1-4H3,(H,20,24,25). The van der Waals surface area contributed by atoms with Gasteiger partial charge in [-0.25, -0.2) is 9.97 Å². The fourth-order valence-corrected chi connectivity index (χ4v) is 6.25. The Labute approximate surface area is 176 Å². The van der Waals surface area contributed by atoms with Crippen molar-refractivity contribution < 1.29 is 4.79 Å². The minimum atomic E-state index is -0.0864. The number of anilines is 1. The number of hydrogen-bond donors (Lipinski definition) is 1. The normalized spacial score (nSPS) is 16.5. The van der Waals surface area contributed by atoms with Crippen LogP contribution in [0.2, 0.25) is 0 Å². The Kier molecular flexibility index (Phi) is 5.66. The van der Waals surface area contributed by atoms with Gasteiger partial charge in [-0.2, -0.15) is 0 Å². The van der Waals surface area contributed by atoms with Crippen LogP contribution in [-0.2, 0) is 17.6 Å². The monoisotopic (exact) mass is 433 g/mol. The van der Waals surface area contributed by atoms with Crippen molar-refractivity contribution >= 4 is 55.7 Å². The van der Waals surface area contributed by atoms with Crippen LogP contribution in [0.25, 0.3) is 10.2 Å². The van der Waals surface area contributed by atoms with Gasteiger partial charge in [0.2, 0.25) is 11.0 Å². The molecule has 1 N–H and O–H groups in total. The predicted molar refractivity (Wildman–Crippen MR) is 117 cm³/mol. The molecular formula is C19H23N5OS3. The van der Waals surface area contributed by atoms with Gasteiger partial charge in [-0.15, -0.1) is 21.5 Å². The van der Waals surface area contributed by atoms with Gasteiger partial charge in [-0.1, -0.05) is 43.9 Å². The topological polar surface area (TPSA) is 80.7 Å². The molecule has 0 fully saturated rings. The second-order valence-electron chi connectivity index (χ2n) is 7.54. The third-order valence-electron chi connectivity index (χ3n) is 4.77. The molecule has 3 heterocycles. The fourth-order valence-electron chi connectivity index (χ4n) is 3.32. The molecule has 3 aromatic rings. The second-order valence-corrected chi connectivity index (χ2v) is 10.8. The van der Waals surface area contributed by atoms with Crippen LogP contribution in [0.3, 0.4) is 0 Å². The lowest BCUT2D eigenvalue weighted by Crippen LogP contribution is -2.14. The molecule has 0 saturated heterocycles. The van der Waals surface area contributed by atoms with Crippen molar-refractivity contribution in [1.82, 2.24) is 20.2 Å². The van der Waals surface area contributed by atoms with Crippen molar-refractivity contribution in [2.75, 3.05) is 11.1 Å². The lowest BCUT2D eigenvalue weighted by Gasteiger charge is -2.18. The summed E-state index contributed by atoms with van der Waals surface area (Å²) in [6.45, 7) is 8.40. The van der Waals surface area contributed by atoms with E-state index in [0.29, 0.717) is 10.9 Å². The SMILES string of the molecule is Cc1nnc(NC(=O)CSc2nc(C(C)C)nc3sc4c(c23)CCC(C)C4)s1. The van der Waals surface area contributed by atoms with Crippen LogP contribution in [0.15, 0.2) is 5.03 Å². The van der Waals surface area contributed by atoms with Crippen LogP contribution in [0.1, 0.15) is 54.4 Å². The van der Waals surface area contributed by atoms with Crippen molar-refractivity contribution in [3.63, 3.8) is 0 Å². The molecule has 1 atom stereocenters. The number of aryl methyl sites for hydroxylation is 2. The van der Waals surface area contributed by atoms with Crippen molar-refractivity contribution in [1.29, 1.82) is 0 Å². The molecule has 9 heteroatoms. The maximum Gasteiger partial charge on any atom is 0.236 e. The number of aromatic nitrogens is 4. The van der Waals surface area contributed by atoms with Crippen molar-refractivity contribution in [2.24, 2.45) is 5.92 Å². The average Bonchev–Trinajstić information content (AvgIpc) is 3.21. The zero-order chi connectivity index (χ0) is 19.8. The van der Waals surface area contributed by atoms with E-state index in [4.69, 9.17) is 9.97 Å². The van der Waals surface area contributed by atoms with Crippen molar-refractivity contribution in [3.05, 3.63) is 21.3 Å². The Morgan fingerprint density at radius 1 is 1.29 bits per heavy atom. The first-order valence-corrected chi connectivity index (χ1v) is 12.1. The van der Waals surface area contributed by atoms with Crippen LogP contribution < -0.4 is 5.32 Å². The van der Waals surface area contributed by atoms with Crippen LogP contribution in [-0.4, -0.2) is 31.8 Å².